The Morgan fingerprint density at radius 1 is 0.526 bits per heavy atom. The van der Waals surface area contributed by atoms with Gasteiger partial charge >= 0.3 is 11.9 Å². The molecular weight excluding hydrogens is 725 g/mol. The van der Waals surface area contributed by atoms with Crippen molar-refractivity contribution in [3.8, 4) is 0 Å². The summed E-state index contributed by atoms with van der Waals surface area (Å²) in [5.41, 5.74) is 0. The van der Waals surface area contributed by atoms with Gasteiger partial charge in [-0.1, -0.05) is 180 Å². The third-order valence-electron chi connectivity index (χ3n) is 11.2. The van der Waals surface area contributed by atoms with Crippen LogP contribution in [-0.2, 0) is 28.5 Å². The van der Waals surface area contributed by atoms with E-state index in [-0.39, 0.29) is 32.0 Å². The third-order valence-corrected chi connectivity index (χ3v) is 11.2. The molecule has 0 saturated carbocycles. The Labute approximate surface area is 348 Å². The summed E-state index contributed by atoms with van der Waals surface area (Å²) in [7, 11) is 0. The van der Waals surface area contributed by atoms with E-state index < -0.39 is 49.4 Å². The molecule has 0 aliphatic carbocycles. The standard InChI is InChI=1S/C47H88O10/c1-3-5-7-9-11-13-15-17-18-19-20-21-22-24-26-28-30-32-34-36-43(50)56-40(39-55-47-46(53)45(52)44(51)41(37-48)57-47)38-54-42(49)35-33-31-29-27-25-23-16-14-12-10-8-6-4-2/h14,16,40-41,44-48,51-53H,3-13,15,17-39H2,1-2H3/b16-14+/t40-,41-,44+,45?,46?,47-/m1/s1. The number of carbonyl (C=O) groups is 2. The van der Waals surface area contributed by atoms with Gasteiger partial charge in [0, 0.05) is 12.8 Å². The largest absolute Gasteiger partial charge is 0.462 e. The van der Waals surface area contributed by atoms with Crippen LogP contribution in [0.4, 0.5) is 0 Å². The Bertz CT molecular complexity index is 943. The van der Waals surface area contributed by atoms with Crippen molar-refractivity contribution >= 4 is 11.9 Å². The van der Waals surface area contributed by atoms with Crippen LogP contribution in [0.2, 0.25) is 0 Å². The molecule has 57 heavy (non-hydrogen) atoms. The zero-order valence-electron chi connectivity index (χ0n) is 36.6. The van der Waals surface area contributed by atoms with E-state index in [0.717, 1.165) is 57.8 Å². The Morgan fingerprint density at radius 2 is 0.930 bits per heavy atom. The molecule has 0 amide bonds. The van der Waals surface area contributed by atoms with Gasteiger partial charge in [-0.15, -0.1) is 0 Å². The highest BCUT2D eigenvalue weighted by atomic mass is 16.7. The van der Waals surface area contributed by atoms with Crippen molar-refractivity contribution in [2.45, 2.75) is 256 Å². The number of unbranched alkanes of at least 4 members (excludes halogenated alkanes) is 27. The quantitative estimate of drug-likeness (QED) is 0.0267. The van der Waals surface area contributed by atoms with Crippen molar-refractivity contribution in [2.24, 2.45) is 0 Å². The van der Waals surface area contributed by atoms with E-state index in [2.05, 4.69) is 26.0 Å². The zero-order valence-corrected chi connectivity index (χ0v) is 36.6. The number of allylic oxidation sites excluding steroid dienone is 2. The molecule has 0 aromatic carbocycles. The first-order valence-electron chi connectivity index (χ1n) is 23.8. The lowest BCUT2D eigenvalue weighted by Crippen LogP contribution is -2.59. The van der Waals surface area contributed by atoms with Crippen LogP contribution < -0.4 is 0 Å². The van der Waals surface area contributed by atoms with E-state index in [9.17, 15) is 30.0 Å². The maximum atomic E-state index is 12.8. The number of aliphatic hydroxyl groups excluding tert-OH is 4. The fraction of sp³-hybridized carbons (Fsp3) is 0.915. The minimum Gasteiger partial charge on any atom is -0.462 e. The highest BCUT2D eigenvalue weighted by Crippen LogP contribution is 2.23. The minimum atomic E-state index is -1.59. The monoisotopic (exact) mass is 813 g/mol. The molecule has 4 N–H and O–H groups in total. The summed E-state index contributed by atoms with van der Waals surface area (Å²) in [5, 5.41) is 40.1. The lowest BCUT2D eigenvalue weighted by atomic mass is 9.99. The summed E-state index contributed by atoms with van der Waals surface area (Å²) in [6.45, 7) is 3.43. The maximum absolute atomic E-state index is 12.8. The van der Waals surface area contributed by atoms with Crippen LogP contribution in [0.15, 0.2) is 12.2 Å². The molecule has 6 atom stereocenters. The molecule has 2 unspecified atom stereocenters. The number of hydrogen-bond acceptors (Lipinski definition) is 10. The van der Waals surface area contributed by atoms with Crippen LogP contribution in [0.1, 0.15) is 219 Å². The first kappa shape index (κ1) is 53.5. The summed E-state index contributed by atoms with van der Waals surface area (Å²) in [5.74, 6) is -0.805. The lowest BCUT2D eigenvalue weighted by Gasteiger charge is -2.39. The van der Waals surface area contributed by atoms with Crippen molar-refractivity contribution in [3.05, 3.63) is 12.2 Å². The van der Waals surface area contributed by atoms with Crippen LogP contribution in [0.3, 0.4) is 0 Å². The van der Waals surface area contributed by atoms with E-state index in [0.29, 0.717) is 6.42 Å². The van der Waals surface area contributed by atoms with Crippen LogP contribution in [0, 0.1) is 0 Å². The van der Waals surface area contributed by atoms with Gasteiger partial charge in [0.1, 0.15) is 31.0 Å². The fourth-order valence-electron chi connectivity index (χ4n) is 7.36. The molecule has 10 heteroatoms. The molecule has 0 aromatic heterocycles. The minimum absolute atomic E-state index is 0.216. The fourth-order valence-corrected chi connectivity index (χ4v) is 7.36. The highest BCUT2D eigenvalue weighted by molar-refractivity contribution is 5.70. The topological polar surface area (TPSA) is 152 Å². The molecule has 1 saturated heterocycles. The van der Waals surface area contributed by atoms with Crippen molar-refractivity contribution in [3.63, 3.8) is 0 Å². The van der Waals surface area contributed by atoms with Gasteiger partial charge in [-0.2, -0.15) is 0 Å². The lowest BCUT2D eigenvalue weighted by molar-refractivity contribution is -0.305. The zero-order chi connectivity index (χ0) is 41.6. The van der Waals surface area contributed by atoms with Crippen molar-refractivity contribution in [1.82, 2.24) is 0 Å². The van der Waals surface area contributed by atoms with E-state index in [1.165, 1.54) is 128 Å². The summed E-state index contributed by atoms with van der Waals surface area (Å²) in [6, 6.07) is 0. The highest BCUT2D eigenvalue weighted by Gasteiger charge is 2.44. The Balaban J connectivity index is 2.28. The molecule has 336 valence electrons. The van der Waals surface area contributed by atoms with E-state index >= 15 is 0 Å². The predicted molar refractivity (Wildman–Crippen MR) is 229 cm³/mol. The van der Waals surface area contributed by atoms with Gasteiger partial charge in [0.15, 0.2) is 12.4 Å². The van der Waals surface area contributed by atoms with Crippen LogP contribution in [0.25, 0.3) is 0 Å². The van der Waals surface area contributed by atoms with Gasteiger partial charge < -0.3 is 39.4 Å². The number of carbonyl (C=O) groups excluding carboxylic acids is 2. The number of ether oxygens (including phenoxy) is 4. The van der Waals surface area contributed by atoms with Gasteiger partial charge in [0.05, 0.1) is 13.2 Å². The maximum Gasteiger partial charge on any atom is 0.306 e. The van der Waals surface area contributed by atoms with Gasteiger partial charge in [0.25, 0.3) is 0 Å². The smallest absolute Gasteiger partial charge is 0.306 e. The first-order chi connectivity index (χ1) is 27.8. The van der Waals surface area contributed by atoms with Gasteiger partial charge in [-0.25, -0.2) is 0 Å². The second kappa shape index (κ2) is 38.6. The van der Waals surface area contributed by atoms with E-state index in [4.69, 9.17) is 18.9 Å². The number of rotatable bonds is 40. The normalized spacial score (nSPS) is 20.3. The SMILES string of the molecule is CCCCCC/C=C/CCCCCCCC(=O)OC[C@H](CO[C@@H]1O[C@H](CO)[C@H](O)C(O)C1O)OC(=O)CCCCCCCCCCCCCCCCCCCCC. The molecule has 10 nitrogen and oxygen atoms in total. The molecule has 1 rings (SSSR count). The molecule has 1 heterocycles. The third kappa shape index (κ3) is 30.2. The molecule has 0 aromatic rings. The number of aliphatic hydroxyl groups is 4. The van der Waals surface area contributed by atoms with Gasteiger partial charge in [0.2, 0.25) is 0 Å². The predicted octanol–water partition coefficient (Wildman–Crippen LogP) is 10.3. The Morgan fingerprint density at radius 3 is 1.39 bits per heavy atom. The van der Waals surface area contributed by atoms with Gasteiger partial charge in [-0.3, -0.25) is 9.59 Å². The van der Waals surface area contributed by atoms with Crippen LogP contribution in [0.5, 0.6) is 0 Å². The van der Waals surface area contributed by atoms with E-state index in [1.807, 2.05) is 0 Å². The molecule has 0 bridgehead atoms. The summed E-state index contributed by atoms with van der Waals surface area (Å²) in [6.07, 6.45) is 33.6. The van der Waals surface area contributed by atoms with Crippen LogP contribution in [-0.4, -0.2) is 89.0 Å². The molecule has 1 aliphatic heterocycles. The molecule has 1 aliphatic rings. The van der Waals surface area contributed by atoms with Crippen molar-refractivity contribution < 1.29 is 49.0 Å². The van der Waals surface area contributed by atoms with Gasteiger partial charge in [-0.05, 0) is 38.5 Å². The number of hydrogen-bond donors (Lipinski definition) is 4. The second-order valence-corrected chi connectivity index (χ2v) is 16.6. The molecule has 0 spiro atoms. The Hall–Kier alpha value is -1.56. The number of esters is 2. The Kier molecular flexibility index (Phi) is 36.2. The van der Waals surface area contributed by atoms with Crippen molar-refractivity contribution in [2.75, 3.05) is 19.8 Å². The van der Waals surface area contributed by atoms with Crippen LogP contribution >= 0.6 is 0 Å². The summed E-state index contributed by atoms with van der Waals surface area (Å²) >= 11 is 0. The van der Waals surface area contributed by atoms with E-state index in [1.54, 1.807) is 0 Å². The summed E-state index contributed by atoms with van der Waals surface area (Å²) in [4.78, 5) is 25.3. The second-order valence-electron chi connectivity index (χ2n) is 16.6. The average Bonchev–Trinajstić information content (AvgIpc) is 3.21. The first-order valence-corrected chi connectivity index (χ1v) is 23.8. The van der Waals surface area contributed by atoms with Crippen molar-refractivity contribution in [1.29, 1.82) is 0 Å². The molecule has 1 fully saturated rings. The molecule has 0 radical (unpaired) electrons. The summed E-state index contributed by atoms with van der Waals surface area (Å²) < 4.78 is 22.2. The molecular formula is C47H88O10. The average molecular weight is 813 g/mol.